The van der Waals surface area contributed by atoms with Crippen LogP contribution in [0, 0.1) is 0 Å². The van der Waals surface area contributed by atoms with Crippen molar-refractivity contribution in [2.24, 2.45) is 0 Å². The van der Waals surface area contributed by atoms with Crippen LogP contribution in [0.25, 0.3) is 0 Å². The van der Waals surface area contributed by atoms with E-state index in [0.29, 0.717) is 22.9 Å². The average Bonchev–Trinajstić information content (AvgIpc) is 3.41. The summed E-state index contributed by atoms with van der Waals surface area (Å²) >= 11 is 0. The molecular formula is C29H39N3O7S. The van der Waals surface area contributed by atoms with Crippen LogP contribution >= 0.6 is 0 Å². The number of hydrogen-bond donors (Lipinski definition) is 1. The lowest BCUT2D eigenvalue weighted by Gasteiger charge is -2.31. The zero-order valence-electron chi connectivity index (χ0n) is 23.4. The molecule has 2 amide bonds. The minimum Gasteiger partial charge on any atom is -0.497 e. The van der Waals surface area contributed by atoms with E-state index in [4.69, 9.17) is 14.2 Å². The molecule has 1 aliphatic heterocycles. The molecule has 0 bridgehead atoms. The fourth-order valence-corrected chi connectivity index (χ4v) is 6.12. The van der Waals surface area contributed by atoms with Gasteiger partial charge >= 0.3 is 0 Å². The van der Waals surface area contributed by atoms with Crippen molar-refractivity contribution in [3.63, 3.8) is 0 Å². The highest BCUT2D eigenvalue weighted by Crippen LogP contribution is 2.36. The average molecular weight is 574 g/mol. The van der Waals surface area contributed by atoms with Gasteiger partial charge in [0, 0.05) is 31.6 Å². The molecule has 1 fully saturated rings. The lowest BCUT2D eigenvalue weighted by Crippen LogP contribution is -2.50. The Morgan fingerprint density at radius 1 is 1.07 bits per heavy atom. The number of nitrogens with one attached hydrogen (secondary N) is 1. The van der Waals surface area contributed by atoms with E-state index in [2.05, 4.69) is 5.32 Å². The largest absolute Gasteiger partial charge is 0.497 e. The Morgan fingerprint density at radius 3 is 2.55 bits per heavy atom. The lowest BCUT2D eigenvalue weighted by atomic mass is 9.95. The summed E-state index contributed by atoms with van der Waals surface area (Å²) in [4.78, 5) is 28.4. The van der Waals surface area contributed by atoms with E-state index in [9.17, 15) is 18.0 Å². The Balaban J connectivity index is 1.46. The van der Waals surface area contributed by atoms with Crippen LogP contribution in [0.3, 0.4) is 0 Å². The van der Waals surface area contributed by atoms with Crippen molar-refractivity contribution in [3.8, 4) is 17.2 Å². The van der Waals surface area contributed by atoms with Crippen LogP contribution in [0.5, 0.6) is 17.2 Å². The van der Waals surface area contributed by atoms with Gasteiger partial charge in [-0.05, 0) is 56.0 Å². The highest BCUT2D eigenvalue weighted by Gasteiger charge is 2.29. The summed E-state index contributed by atoms with van der Waals surface area (Å²) in [6, 6.07) is 11.8. The van der Waals surface area contributed by atoms with Crippen LogP contribution in [-0.2, 0) is 26.2 Å². The number of nitrogens with zero attached hydrogens (tertiary/aromatic N) is 2. The second-order valence-corrected chi connectivity index (χ2v) is 12.3. The third kappa shape index (κ3) is 7.59. The van der Waals surface area contributed by atoms with Crippen molar-refractivity contribution in [1.29, 1.82) is 0 Å². The van der Waals surface area contributed by atoms with Gasteiger partial charge in [-0.25, -0.2) is 8.42 Å². The van der Waals surface area contributed by atoms with Gasteiger partial charge in [-0.3, -0.25) is 13.9 Å². The number of sulfonamides is 1. The molecule has 1 unspecified atom stereocenters. The Bertz CT molecular complexity index is 1290. The van der Waals surface area contributed by atoms with E-state index in [1.54, 1.807) is 37.1 Å². The van der Waals surface area contributed by atoms with Crippen molar-refractivity contribution < 1.29 is 32.2 Å². The van der Waals surface area contributed by atoms with Gasteiger partial charge in [0.1, 0.15) is 11.8 Å². The molecule has 0 spiro atoms. The number of carbonyl (C=O) groups excluding carboxylic acids is 2. The van der Waals surface area contributed by atoms with Crippen molar-refractivity contribution in [3.05, 3.63) is 48.0 Å². The van der Waals surface area contributed by atoms with Gasteiger partial charge in [-0.1, -0.05) is 31.4 Å². The maximum atomic E-state index is 13.6. The van der Waals surface area contributed by atoms with Gasteiger partial charge in [0.15, 0.2) is 11.5 Å². The van der Waals surface area contributed by atoms with Crippen LogP contribution in [0.4, 0.5) is 5.69 Å². The van der Waals surface area contributed by atoms with Gasteiger partial charge < -0.3 is 24.4 Å². The number of carbonyl (C=O) groups is 2. The number of ether oxygens (including phenoxy) is 3. The van der Waals surface area contributed by atoms with E-state index in [0.717, 1.165) is 37.5 Å². The number of fused-ring (bicyclic) bond motifs is 1. The molecule has 218 valence electrons. The summed E-state index contributed by atoms with van der Waals surface area (Å²) in [5, 5.41) is 3.13. The molecule has 1 heterocycles. The lowest BCUT2D eigenvalue weighted by molar-refractivity contribution is -0.141. The number of benzene rings is 2. The van der Waals surface area contributed by atoms with Crippen LogP contribution in [0.15, 0.2) is 42.5 Å². The second-order valence-electron chi connectivity index (χ2n) is 10.4. The minimum absolute atomic E-state index is 0.0710. The van der Waals surface area contributed by atoms with Gasteiger partial charge in [0.2, 0.25) is 28.6 Å². The fourth-order valence-electron chi connectivity index (χ4n) is 5.16. The first-order valence-corrected chi connectivity index (χ1v) is 15.6. The Labute approximate surface area is 236 Å². The Kier molecular flexibility index (Phi) is 9.78. The highest BCUT2D eigenvalue weighted by atomic mass is 32.2. The summed E-state index contributed by atoms with van der Waals surface area (Å²) < 4.78 is 42.6. The van der Waals surface area contributed by atoms with Gasteiger partial charge in [0.05, 0.1) is 19.1 Å². The van der Waals surface area contributed by atoms with E-state index >= 15 is 0 Å². The summed E-state index contributed by atoms with van der Waals surface area (Å²) in [6.07, 6.45) is 6.73. The van der Waals surface area contributed by atoms with E-state index in [1.165, 1.54) is 10.7 Å². The Morgan fingerprint density at radius 2 is 1.82 bits per heavy atom. The summed E-state index contributed by atoms with van der Waals surface area (Å²) in [5.74, 6) is 1.29. The Hall–Kier alpha value is -3.47. The third-order valence-corrected chi connectivity index (χ3v) is 8.60. The number of amides is 2. The SMILES string of the molecule is COc1cccc(CN(C(=O)CCCN(c2ccc3c(c2)OCO3)S(C)(=O)=O)C(C)C(=O)NC2CCCCC2)c1. The van der Waals surface area contributed by atoms with Gasteiger partial charge in [-0.15, -0.1) is 0 Å². The predicted octanol–water partition coefficient (Wildman–Crippen LogP) is 3.84. The van der Waals surface area contributed by atoms with E-state index in [1.807, 2.05) is 24.3 Å². The number of hydrogen-bond acceptors (Lipinski definition) is 7. The zero-order valence-corrected chi connectivity index (χ0v) is 24.2. The third-order valence-electron chi connectivity index (χ3n) is 7.40. The fraction of sp³-hybridized carbons (Fsp3) is 0.517. The molecule has 4 rings (SSSR count). The maximum Gasteiger partial charge on any atom is 0.242 e. The topological polar surface area (TPSA) is 114 Å². The molecule has 0 saturated heterocycles. The standard InChI is InChI=1S/C29H39N3O7S/c1-21(29(34)30-23-10-5-4-6-11-23)31(19-22-9-7-12-25(17-22)37-2)28(33)13-8-16-32(40(3,35)36)24-14-15-26-27(18-24)39-20-38-26/h7,9,12,14-15,17-18,21,23H,4-6,8,10-11,13,16,19-20H2,1-3H3,(H,30,34). The molecule has 10 nitrogen and oxygen atoms in total. The van der Waals surface area contributed by atoms with Crippen molar-refractivity contribution in [1.82, 2.24) is 10.2 Å². The summed E-state index contributed by atoms with van der Waals surface area (Å²) in [7, 11) is -2.04. The molecule has 1 N–H and O–H groups in total. The molecule has 0 aromatic heterocycles. The molecule has 2 aromatic carbocycles. The molecule has 2 aromatic rings. The number of methoxy groups -OCH3 is 1. The van der Waals surface area contributed by atoms with Crippen LogP contribution in [0.1, 0.15) is 57.4 Å². The first kappa shape index (κ1) is 29.5. The molecule has 0 radical (unpaired) electrons. The molecule has 11 heteroatoms. The van der Waals surface area contributed by atoms with Gasteiger partial charge in [-0.2, -0.15) is 0 Å². The summed E-state index contributed by atoms with van der Waals surface area (Å²) in [6.45, 7) is 2.15. The van der Waals surface area contributed by atoms with E-state index < -0.39 is 16.1 Å². The zero-order chi connectivity index (χ0) is 28.7. The first-order valence-electron chi connectivity index (χ1n) is 13.8. The molecule has 1 saturated carbocycles. The summed E-state index contributed by atoms with van der Waals surface area (Å²) in [5.41, 5.74) is 1.27. The van der Waals surface area contributed by atoms with Gasteiger partial charge in [0.25, 0.3) is 0 Å². The molecule has 1 aliphatic carbocycles. The first-order chi connectivity index (χ1) is 19.2. The highest BCUT2D eigenvalue weighted by molar-refractivity contribution is 7.92. The maximum absolute atomic E-state index is 13.6. The number of rotatable bonds is 12. The van der Waals surface area contributed by atoms with Crippen molar-refractivity contribution >= 4 is 27.5 Å². The number of anilines is 1. The minimum atomic E-state index is -3.62. The molecule has 2 aliphatic rings. The van der Waals surface area contributed by atoms with Crippen LogP contribution in [-0.4, -0.2) is 63.9 Å². The second kappa shape index (κ2) is 13.3. The molecular weight excluding hydrogens is 534 g/mol. The van der Waals surface area contributed by atoms with Crippen LogP contribution in [0.2, 0.25) is 0 Å². The van der Waals surface area contributed by atoms with Crippen molar-refractivity contribution in [2.75, 3.05) is 31.0 Å². The van der Waals surface area contributed by atoms with Crippen molar-refractivity contribution in [2.45, 2.75) is 70.5 Å². The van der Waals surface area contributed by atoms with Crippen LogP contribution < -0.4 is 23.8 Å². The molecule has 1 atom stereocenters. The van der Waals surface area contributed by atoms with E-state index in [-0.39, 0.29) is 50.6 Å². The smallest absolute Gasteiger partial charge is 0.242 e. The normalized spacial score (nSPS) is 15.8. The predicted molar refractivity (Wildman–Crippen MR) is 152 cm³/mol. The molecule has 40 heavy (non-hydrogen) atoms. The quantitative estimate of drug-likeness (QED) is 0.410. The monoisotopic (exact) mass is 573 g/mol.